The van der Waals surface area contributed by atoms with Crippen LogP contribution in [0.15, 0.2) is 24.3 Å². The van der Waals surface area contributed by atoms with Gasteiger partial charge in [0.2, 0.25) is 0 Å². The molecule has 0 unspecified atom stereocenters. The lowest BCUT2D eigenvalue weighted by Gasteiger charge is -2.31. The van der Waals surface area contributed by atoms with Crippen molar-refractivity contribution in [2.24, 2.45) is 7.05 Å². The van der Waals surface area contributed by atoms with E-state index in [1.165, 1.54) is 11.1 Å². The number of likely N-dealkylation sites (tertiary alicyclic amines) is 1. The summed E-state index contributed by atoms with van der Waals surface area (Å²) in [5.74, 6) is -0.180. The third-order valence-electron chi connectivity index (χ3n) is 5.27. The summed E-state index contributed by atoms with van der Waals surface area (Å²) < 4.78 is 6.77. The molecule has 1 N–H and O–H groups in total. The molecule has 7 heteroatoms. The van der Waals surface area contributed by atoms with Crippen molar-refractivity contribution in [2.75, 3.05) is 19.7 Å². The van der Waals surface area contributed by atoms with Crippen LogP contribution in [0.2, 0.25) is 0 Å². The predicted octanol–water partition coefficient (Wildman–Crippen LogP) is 3.05. The number of rotatable bonds is 4. The number of aromatic nitrogens is 2. The normalized spacial score (nSPS) is 14.8. The van der Waals surface area contributed by atoms with E-state index in [4.69, 9.17) is 4.74 Å². The number of amides is 2. The average Bonchev–Trinajstić information content (AvgIpc) is 3.06. The van der Waals surface area contributed by atoms with Crippen molar-refractivity contribution in [3.8, 4) is 11.3 Å². The second kappa shape index (κ2) is 8.46. The maximum Gasteiger partial charge on any atom is 0.409 e. The van der Waals surface area contributed by atoms with Gasteiger partial charge in [-0.25, -0.2) is 4.79 Å². The second-order valence-electron chi connectivity index (χ2n) is 7.27. The third kappa shape index (κ3) is 4.35. The van der Waals surface area contributed by atoms with Gasteiger partial charge < -0.3 is 15.0 Å². The van der Waals surface area contributed by atoms with E-state index < -0.39 is 0 Å². The van der Waals surface area contributed by atoms with Gasteiger partial charge in [0.15, 0.2) is 5.69 Å². The van der Waals surface area contributed by atoms with Gasteiger partial charge >= 0.3 is 6.09 Å². The molecular formula is C21H28N4O3. The van der Waals surface area contributed by atoms with Crippen LogP contribution in [0.25, 0.3) is 11.3 Å². The van der Waals surface area contributed by atoms with Crippen molar-refractivity contribution in [3.63, 3.8) is 0 Å². The highest BCUT2D eigenvalue weighted by Crippen LogP contribution is 2.23. The van der Waals surface area contributed by atoms with Crippen LogP contribution in [0, 0.1) is 13.8 Å². The number of ether oxygens (including phenoxy) is 1. The summed E-state index contributed by atoms with van der Waals surface area (Å²) in [6, 6.07) is 8.10. The fraction of sp³-hybridized carbons (Fsp3) is 0.476. The van der Waals surface area contributed by atoms with E-state index in [0.717, 1.165) is 11.3 Å². The standard InChI is InChI=1S/C21H28N4O3/c1-5-28-21(27)25-10-8-17(9-11-25)22-20(26)18-13-19(24(4)23-18)16-7-6-14(2)15(3)12-16/h6-7,12-13,17H,5,8-11H2,1-4H3,(H,22,26). The van der Waals surface area contributed by atoms with E-state index in [2.05, 4.69) is 36.4 Å². The minimum Gasteiger partial charge on any atom is -0.450 e. The molecule has 2 amide bonds. The zero-order valence-electron chi connectivity index (χ0n) is 17.0. The first-order chi connectivity index (χ1) is 13.4. The Kier molecular flexibility index (Phi) is 6.02. The van der Waals surface area contributed by atoms with Crippen molar-refractivity contribution in [1.82, 2.24) is 20.0 Å². The summed E-state index contributed by atoms with van der Waals surface area (Å²) in [5, 5.41) is 7.44. The molecule has 0 radical (unpaired) electrons. The van der Waals surface area contributed by atoms with Gasteiger partial charge in [0.25, 0.3) is 5.91 Å². The van der Waals surface area contributed by atoms with Crippen LogP contribution in [0.5, 0.6) is 0 Å². The molecular weight excluding hydrogens is 356 g/mol. The molecule has 0 bridgehead atoms. The number of aryl methyl sites for hydroxylation is 3. The summed E-state index contributed by atoms with van der Waals surface area (Å²) in [6.07, 6.45) is 1.14. The van der Waals surface area contributed by atoms with Gasteiger partial charge in [0, 0.05) is 31.7 Å². The molecule has 0 spiro atoms. The van der Waals surface area contributed by atoms with Gasteiger partial charge in [-0.05, 0) is 56.9 Å². The lowest BCUT2D eigenvalue weighted by atomic mass is 10.0. The molecule has 0 aliphatic carbocycles. The van der Waals surface area contributed by atoms with Crippen LogP contribution in [0.4, 0.5) is 4.79 Å². The molecule has 1 aliphatic rings. The third-order valence-corrected chi connectivity index (χ3v) is 5.27. The van der Waals surface area contributed by atoms with Crippen LogP contribution in [0.1, 0.15) is 41.4 Å². The Morgan fingerprint density at radius 2 is 1.89 bits per heavy atom. The number of nitrogens with zero attached hydrogens (tertiary/aromatic N) is 3. The molecule has 150 valence electrons. The quantitative estimate of drug-likeness (QED) is 0.879. The smallest absolute Gasteiger partial charge is 0.409 e. The second-order valence-corrected chi connectivity index (χ2v) is 7.27. The van der Waals surface area contributed by atoms with Gasteiger partial charge in [-0.2, -0.15) is 5.10 Å². The van der Waals surface area contributed by atoms with E-state index in [9.17, 15) is 9.59 Å². The van der Waals surface area contributed by atoms with E-state index >= 15 is 0 Å². The summed E-state index contributed by atoms with van der Waals surface area (Å²) in [5.41, 5.74) is 4.80. The van der Waals surface area contributed by atoms with Crippen molar-refractivity contribution >= 4 is 12.0 Å². The zero-order chi connectivity index (χ0) is 20.3. The van der Waals surface area contributed by atoms with Crippen molar-refractivity contribution in [2.45, 2.75) is 39.7 Å². The summed E-state index contributed by atoms with van der Waals surface area (Å²) in [6.45, 7) is 7.49. The Hall–Kier alpha value is -2.83. The highest BCUT2D eigenvalue weighted by molar-refractivity contribution is 5.93. The Labute approximate surface area is 165 Å². The number of hydrogen-bond donors (Lipinski definition) is 1. The van der Waals surface area contributed by atoms with Gasteiger partial charge in [-0.1, -0.05) is 12.1 Å². The number of nitrogens with one attached hydrogen (secondary N) is 1. The number of carbonyl (C=O) groups excluding carboxylic acids is 2. The molecule has 3 rings (SSSR count). The predicted molar refractivity (Wildman–Crippen MR) is 107 cm³/mol. The molecule has 2 aromatic rings. The average molecular weight is 384 g/mol. The molecule has 1 saturated heterocycles. The Bertz CT molecular complexity index is 867. The van der Waals surface area contributed by atoms with Crippen LogP contribution in [-0.2, 0) is 11.8 Å². The number of benzene rings is 1. The lowest BCUT2D eigenvalue weighted by molar-refractivity contribution is 0.0856. The number of hydrogen-bond acceptors (Lipinski definition) is 4. The fourth-order valence-corrected chi connectivity index (χ4v) is 3.43. The summed E-state index contributed by atoms with van der Waals surface area (Å²) in [7, 11) is 1.85. The van der Waals surface area contributed by atoms with Crippen LogP contribution in [-0.4, -0.2) is 52.4 Å². The number of piperidine rings is 1. The first-order valence-corrected chi connectivity index (χ1v) is 9.73. The molecule has 28 heavy (non-hydrogen) atoms. The largest absolute Gasteiger partial charge is 0.450 e. The van der Waals surface area contributed by atoms with Gasteiger partial charge in [0.1, 0.15) is 0 Å². The molecule has 1 aromatic heterocycles. The molecule has 1 fully saturated rings. The van der Waals surface area contributed by atoms with E-state index in [-0.39, 0.29) is 18.0 Å². The Morgan fingerprint density at radius 3 is 2.54 bits per heavy atom. The van der Waals surface area contributed by atoms with Gasteiger partial charge in [-0.15, -0.1) is 0 Å². The Morgan fingerprint density at radius 1 is 1.18 bits per heavy atom. The molecule has 2 heterocycles. The van der Waals surface area contributed by atoms with Crippen LogP contribution >= 0.6 is 0 Å². The minimum atomic E-state index is -0.282. The Balaban J connectivity index is 1.63. The molecule has 1 aromatic carbocycles. The first kappa shape index (κ1) is 19.9. The first-order valence-electron chi connectivity index (χ1n) is 9.73. The molecule has 0 saturated carbocycles. The monoisotopic (exact) mass is 384 g/mol. The maximum absolute atomic E-state index is 12.7. The van der Waals surface area contributed by atoms with Gasteiger partial charge in [-0.3, -0.25) is 9.48 Å². The highest BCUT2D eigenvalue weighted by Gasteiger charge is 2.25. The van der Waals surface area contributed by atoms with Crippen molar-refractivity contribution in [1.29, 1.82) is 0 Å². The summed E-state index contributed by atoms with van der Waals surface area (Å²) in [4.78, 5) is 26.1. The van der Waals surface area contributed by atoms with E-state index in [0.29, 0.717) is 38.2 Å². The maximum atomic E-state index is 12.7. The SMILES string of the molecule is CCOC(=O)N1CCC(NC(=O)c2cc(-c3ccc(C)c(C)c3)n(C)n2)CC1. The van der Waals surface area contributed by atoms with Crippen molar-refractivity contribution < 1.29 is 14.3 Å². The van der Waals surface area contributed by atoms with E-state index in [1.807, 2.05) is 19.2 Å². The van der Waals surface area contributed by atoms with E-state index in [1.54, 1.807) is 16.5 Å². The number of carbonyl (C=O) groups is 2. The fourth-order valence-electron chi connectivity index (χ4n) is 3.43. The van der Waals surface area contributed by atoms with Gasteiger partial charge in [0.05, 0.1) is 12.3 Å². The van der Waals surface area contributed by atoms with Crippen LogP contribution < -0.4 is 5.32 Å². The molecule has 0 atom stereocenters. The topological polar surface area (TPSA) is 76.5 Å². The summed E-state index contributed by atoms with van der Waals surface area (Å²) >= 11 is 0. The lowest BCUT2D eigenvalue weighted by Crippen LogP contribution is -2.46. The molecule has 7 nitrogen and oxygen atoms in total. The van der Waals surface area contributed by atoms with Crippen LogP contribution in [0.3, 0.4) is 0 Å². The molecule has 1 aliphatic heterocycles. The minimum absolute atomic E-state index is 0.0326. The zero-order valence-corrected chi connectivity index (χ0v) is 17.0. The van der Waals surface area contributed by atoms with Crippen molar-refractivity contribution in [3.05, 3.63) is 41.1 Å². The highest BCUT2D eigenvalue weighted by atomic mass is 16.6.